The third kappa shape index (κ3) is 1.77. The van der Waals surface area contributed by atoms with E-state index in [0.29, 0.717) is 12.3 Å². The molecule has 13 heavy (non-hydrogen) atoms. The van der Waals surface area contributed by atoms with Crippen LogP contribution in [0.4, 0.5) is 0 Å². The number of aliphatic carboxylic acids is 1. The van der Waals surface area contributed by atoms with Crippen LogP contribution in [0.15, 0.2) is 11.6 Å². The van der Waals surface area contributed by atoms with E-state index < -0.39 is 5.97 Å². The number of rotatable bonds is 2. The topological polar surface area (TPSA) is 37.3 Å². The van der Waals surface area contributed by atoms with Crippen LogP contribution in [-0.4, -0.2) is 11.1 Å². The molecule has 1 saturated carbocycles. The molecule has 1 fully saturated rings. The minimum Gasteiger partial charge on any atom is -0.481 e. The van der Waals surface area contributed by atoms with Crippen LogP contribution < -0.4 is 0 Å². The molecule has 0 aromatic heterocycles. The second kappa shape index (κ2) is 3.52. The van der Waals surface area contributed by atoms with Gasteiger partial charge in [-0.05, 0) is 43.9 Å². The fourth-order valence-corrected chi connectivity index (χ4v) is 2.78. The lowest BCUT2D eigenvalue weighted by atomic mass is 9.86. The highest BCUT2D eigenvalue weighted by atomic mass is 16.4. The van der Waals surface area contributed by atoms with Gasteiger partial charge in [0.05, 0.1) is 6.42 Å². The highest BCUT2D eigenvalue weighted by molar-refractivity contribution is 5.67. The normalized spacial score (nSPS) is 32.5. The van der Waals surface area contributed by atoms with Gasteiger partial charge < -0.3 is 5.11 Å². The van der Waals surface area contributed by atoms with Gasteiger partial charge in [0.2, 0.25) is 0 Å². The molecule has 2 nitrogen and oxygen atoms in total. The molecule has 0 saturated heterocycles. The lowest BCUT2D eigenvalue weighted by molar-refractivity contribution is -0.137. The Kier molecular flexibility index (Phi) is 2.38. The van der Waals surface area contributed by atoms with Crippen LogP contribution in [0.5, 0.6) is 0 Å². The predicted molar refractivity (Wildman–Crippen MR) is 50.4 cm³/mol. The number of hydrogen-bond donors (Lipinski definition) is 1. The van der Waals surface area contributed by atoms with Gasteiger partial charge in [0.1, 0.15) is 0 Å². The number of hydrogen-bond acceptors (Lipinski definition) is 1. The van der Waals surface area contributed by atoms with E-state index in [1.165, 1.54) is 31.3 Å². The van der Waals surface area contributed by atoms with Gasteiger partial charge in [-0.3, -0.25) is 4.79 Å². The fourth-order valence-electron chi connectivity index (χ4n) is 2.78. The molecule has 0 aromatic carbocycles. The highest BCUT2D eigenvalue weighted by Crippen LogP contribution is 2.43. The first-order chi connectivity index (χ1) is 6.27. The van der Waals surface area contributed by atoms with Crippen LogP contribution >= 0.6 is 0 Å². The summed E-state index contributed by atoms with van der Waals surface area (Å²) in [6, 6.07) is 0. The van der Waals surface area contributed by atoms with E-state index in [-0.39, 0.29) is 0 Å². The van der Waals surface area contributed by atoms with Crippen molar-refractivity contribution in [3.05, 3.63) is 11.6 Å². The van der Waals surface area contributed by atoms with Crippen molar-refractivity contribution < 1.29 is 9.90 Å². The van der Waals surface area contributed by atoms with E-state index >= 15 is 0 Å². The molecular weight excluding hydrogens is 164 g/mol. The molecule has 2 aliphatic carbocycles. The van der Waals surface area contributed by atoms with Crippen molar-refractivity contribution in [3.8, 4) is 0 Å². The van der Waals surface area contributed by atoms with Crippen molar-refractivity contribution in [1.29, 1.82) is 0 Å². The van der Waals surface area contributed by atoms with E-state index in [1.54, 1.807) is 0 Å². The lowest BCUT2D eigenvalue weighted by Gasteiger charge is -2.19. The van der Waals surface area contributed by atoms with Crippen molar-refractivity contribution >= 4 is 5.97 Å². The molecule has 0 heterocycles. The fraction of sp³-hybridized carbons (Fsp3) is 0.727. The summed E-state index contributed by atoms with van der Waals surface area (Å²) in [7, 11) is 0. The van der Waals surface area contributed by atoms with Crippen LogP contribution in [-0.2, 0) is 4.79 Å². The molecule has 0 bridgehead atoms. The van der Waals surface area contributed by atoms with E-state index in [4.69, 9.17) is 5.11 Å². The summed E-state index contributed by atoms with van der Waals surface area (Å²) in [6.07, 6.45) is 8.74. The summed E-state index contributed by atoms with van der Waals surface area (Å²) in [5.41, 5.74) is 1.47. The molecule has 2 atom stereocenters. The lowest BCUT2D eigenvalue weighted by Crippen LogP contribution is -2.10. The second-order valence-corrected chi connectivity index (χ2v) is 4.20. The van der Waals surface area contributed by atoms with Crippen LogP contribution in [0, 0.1) is 11.8 Å². The first-order valence-corrected chi connectivity index (χ1v) is 5.19. The zero-order chi connectivity index (χ0) is 9.26. The number of fused-ring (bicyclic) bond motifs is 1. The van der Waals surface area contributed by atoms with Gasteiger partial charge in [-0.25, -0.2) is 0 Å². The average molecular weight is 180 g/mol. The number of carboxylic acids is 1. The van der Waals surface area contributed by atoms with Gasteiger partial charge in [0.25, 0.3) is 0 Å². The standard InChI is InChI=1S/C11H16O2/c12-11(13)7-9-6-5-8-3-1-2-4-10(8)9/h4,8-9H,1-3,5-7H2,(H,12,13)/t8-,9+/m0/s1. The Morgan fingerprint density at radius 3 is 3.08 bits per heavy atom. The number of allylic oxidation sites excluding steroid dienone is 2. The van der Waals surface area contributed by atoms with Crippen LogP contribution in [0.25, 0.3) is 0 Å². The number of carboxylic acid groups (broad SMARTS) is 1. The van der Waals surface area contributed by atoms with Crippen LogP contribution in [0.1, 0.15) is 38.5 Å². The SMILES string of the molecule is O=C(O)C[C@H]1CC[C@@H]2CCCC=C21. The third-order valence-corrected chi connectivity index (χ3v) is 3.36. The molecule has 72 valence electrons. The Hall–Kier alpha value is -0.790. The Morgan fingerprint density at radius 1 is 1.46 bits per heavy atom. The average Bonchev–Trinajstić information content (AvgIpc) is 2.48. The molecule has 0 aromatic rings. The summed E-state index contributed by atoms with van der Waals surface area (Å²) < 4.78 is 0. The molecule has 2 rings (SSSR count). The number of carbonyl (C=O) groups is 1. The van der Waals surface area contributed by atoms with E-state index in [2.05, 4.69) is 6.08 Å². The van der Waals surface area contributed by atoms with Crippen molar-refractivity contribution in [2.75, 3.05) is 0 Å². The van der Waals surface area contributed by atoms with Gasteiger partial charge in [-0.1, -0.05) is 11.6 Å². The monoisotopic (exact) mass is 180 g/mol. The van der Waals surface area contributed by atoms with Crippen molar-refractivity contribution in [3.63, 3.8) is 0 Å². The molecule has 0 aliphatic heterocycles. The minimum absolute atomic E-state index is 0.350. The van der Waals surface area contributed by atoms with Crippen molar-refractivity contribution in [2.45, 2.75) is 38.5 Å². The molecule has 1 N–H and O–H groups in total. The highest BCUT2D eigenvalue weighted by Gasteiger charge is 2.32. The first kappa shape index (κ1) is 8.79. The Morgan fingerprint density at radius 2 is 2.31 bits per heavy atom. The predicted octanol–water partition coefficient (Wildman–Crippen LogP) is 2.60. The quantitative estimate of drug-likeness (QED) is 0.663. The van der Waals surface area contributed by atoms with Crippen LogP contribution in [0.2, 0.25) is 0 Å². The molecule has 2 aliphatic rings. The summed E-state index contributed by atoms with van der Waals surface area (Å²) in [4.78, 5) is 10.6. The van der Waals surface area contributed by atoms with Crippen molar-refractivity contribution in [1.82, 2.24) is 0 Å². The van der Waals surface area contributed by atoms with Gasteiger partial charge >= 0.3 is 5.97 Å². The summed E-state index contributed by atoms with van der Waals surface area (Å²) in [5.74, 6) is 0.457. The maximum absolute atomic E-state index is 10.6. The summed E-state index contributed by atoms with van der Waals surface area (Å²) in [5, 5.41) is 8.74. The first-order valence-electron chi connectivity index (χ1n) is 5.19. The molecule has 0 spiro atoms. The third-order valence-electron chi connectivity index (χ3n) is 3.36. The van der Waals surface area contributed by atoms with E-state index in [9.17, 15) is 4.79 Å². The Labute approximate surface area is 78.6 Å². The smallest absolute Gasteiger partial charge is 0.303 e. The van der Waals surface area contributed by atoms with E-state index in [1.807, 2.05) is 0 Å². The van der Waals surface area contributed by atoms with Gasteiger partial charge in [-0.2, -0.15) is 0 Å². The summed E-state index contributed by atoms with van der Waals surface area (Å²) in [6.45, 7) is 0. The van der Waals surface area contributed by atoms with Gasteiger partial charge in [0, 0.05) is 0 Å². The van der Waals surface area contributed by atoms with E-state index in [0.717, 1.165) is 12.3 Å². The van der Waals surface area contributed by atoms with Gasteiger partial charge in [-0.15, -0.1) is 0 Å². The zero-order valence-corrected chi connectivity index (χ0v) is 7.83. The Balaban J connectivity index is 2.06. The minimum atomic E-state index is -0.642. The molecule has 0 amide bonds. The molecular formula is C11H16O2. The zero-order valence-electron chi connectivity index (χ0n) is 7.83. The molecule has 0 radical (unpaired) electrons. The Bertz CT molecular complexity index is 242. The van der Waals surface area contributed by atoms with Crippen molar-refractivity contribution in [2.24, 2.45) is 11.8 Å². The van der Waals surface area contributed by atoms with Crippen LogP contribution in [0.3, 0.4) is 0 Å². The molecule has 2 heteroatoms. The second-order valence-electron chi connectivity index (χ2n) is 4.20. The molecule has 0 unspecified atom stereocenters. The maximum atomic E-state index is 10.6. The summed E-state index contributed by atoms with van der Waals surface area (Å²) >= 11 is 0. The largest absolute Gasteiger partial charge is 0.481 e. The van der Waals surface area contributed by atoms with Gasteiger partial charge in [0.15, 0.2) is 0 Å². The maximum Gasteiger partial charge on any atom is 0.303 e.